The third kappa shape index (κ3) is 3.07. The molecular formula is C17H12ClF3N2O2. The normalized spacial score (nSPS) is 11.9. The molecule has 3 aromatic rings. The van der Waals surface area contributed by atoms with Gasteiger partial charge in [-0.25, -0.2) is 14.3 Å². The number of nitrogens with zero attached hydrogens (tertiary/aromatic N) is 2. The van der Waals surface area contributed by atoms with Crippen LogP contribution in [0.5, 0.6) is 0 Å². The highest BCUT2D eigenvalue weighted by atomic mass is 35.5. The lowest BCUT2D eigenvalue weighted by atomic mass is 9.99. The molecule has 2 aromatic heterocycles. The topological polar surface area (TPSA) is 55.1 Å². The summed E-state index contributed by atoms with van der Waals surface area (Å²) in [5.41, 5.74) is -0.550. The summed E-state index contributed by atoms with van der Waals surface area (Å²) < 4.78 is 41.0. The van der Waals surface area contributed by atoms with Crippen molar-refractivity contribution in [3.8, 4) is 11.3 Å². The predicted octanol–water partition coefficient (Wildman–Crippen LogP) is 5.46. The highest BCUT2D eigenvalue weighted by Gasteiger charge is 2.35. The third-order valence-corrected chi connectivity index (χ3v) is 4.09. The molecule has 0 amide bonds. The van der Waals surface area contributed by atoms with E-state index in [9.17, 15) is 23.1 Å². The number of alkyl halides is 3. The van der Waals surface area contributed by atoms with Gasteiger partial charge in [0.2, 0.25) is 0 Å². The van der Waals surface area contributed by atoms with Gasteiger partial charge in [0.25, 0.3) is 0 Å². The zero-order chi connectivity index (χ0) is 18.4. The van der Waals surface area contributed by atoms with E-state index in [4.69, 9.17) is 11.6 Å². The minimum atomic E-state index is -4.62. The van der Waals surface area contributed by atoms with Crippen LogP contribution in [0.15, 0.2) is 36.4 Å². The first-order valence-electron chi connectivity index (χ1n) is 7.34. The van der Waals surface area contributed by atoms with Crippen molar-refractivity contribution in [1.82, 2.24) is 9.55 Å². The molecule has 0 saturated heterocycles. The number of hydrogen-bond acceptors (Lipinski definition) is 2. The fourth-order valence-electron chi connectivity index (χ4n) is 2.72. The Morgan fingerprint density at radius 3 is 2.56 bits per heavy atom. The Kier molecular flexibility index (Phi) is 4.20. The van der Waals surface area contributed by atoms with Crippen LogP contribution < -0.4 is 0 Å². The number of rotatable bonds is 2. The van der Waals surface area contributed by atoms with E-state index >= 15 is 0 Å². The summed E-state index contributed by atoms with van der Waals surface area (Å²) >= 11 is 5.80. The van der Waals surface area contributed by atoms with Gasteiger partial charge in [0.15, 0.2) is 5.65 Å². The van der Waals surface area contributed by atoms with Gasteiger partial charge in [-0.15, -0.1) is 0 Å². The summed E-state index contributed by atoms with van der Waals surface area (Å²) in [7, 11) is 0. The second-order valence-electron chi connectivity index (χ2n) is 5.43. The van der Waals surface area contributed by atoms with Crippen LogP contribution in [0.2, 0.25) is 5.15 Å². The third-order valence-electron chi connectivity index (χ3n) is 3.88. The van der Waals surface area contributed by atoms with Crippen molar-refractivity contribution < 1.29 is 23.1 Å². The molecule has 0 aliphatic rings. The van der Waals surface area contributed by atoms with Crippen LogP contribution in [0.1, 0.15) is 18.1 Å². The Balaban J connectivity index is 2.40. The zero-order valence-corrected chi connectivity index (χ0v) is 13.7. The maximum Gasteiger partial charge on any atom is 0.417 e. The molecule has 1 aromatic carbocycles. The van der Waals surface area contributed by atoms with E-state index in [0.717, 1.165) is 10.6 Å². The smallest absolute Gasteiger partial charge is 0.417 e. The number of aryl methyl sites for hydroxylation is 1. The summed E-state index contributed by atoms with van der Waals surface area (Å²) in [5, 5.41) is 9.96. The second-order valence-corrected chi connectivity index (χ2v) is 5.81. The van der Waals surface area contributed by atoms with Crippen LogP contribution >= 0.6 is 11.6 Å². The van der Waals surface area contributed by atoms with E-state index in [2.05, 4.69) is 4.98 Å². The number of carbonyl (C=O) groups is 1. The van der Waals surface area contributed by atoms with Crippen LogP contribution in [0.25, 0.3) is 22.3 Å². The molecule has 0 bridgehead atoms. The first kappa shape index (κ1) is 17.3. The number of halogens is 4. The SMILES string of the molecule is CCc1ccc(C(F)(F)F)c(-c2cc3ccc(Cl)nc3n2C(=O)O)c1. The van der Waals surface area contributed by atoms with Crippen molar-refractivity contribution in [2.45, 2.75) is 19.5 Å². The Bertz CT molecular complexity index is 980. The number of carboxylic acid groups (broad SMARTS) is 1. The van der Waals surface area contributed by atoms with Gasteiger partial charge < -0.3 is 5.11 Å². The summed E-state index contributed by atoms with van der Waals surface area (Å²) in [6.07, 6.45) is -5.54. The number of fused-ring (bicyclic) bond motifs is 1. The molecule has 2 heterocycles. The minimum absolute atomic E-state index is 0.00924. The molecule has 0 fully saturated rings. The van der Waals surface area contributed by atoms with Crippen molar-refractivity contribution >= 4 is 28.7 Å². The van der Waals surface area contributed by atoms with E-state index in [-0.39, 0.29) is 22.1 Å². The lowest BCUT2D eigenvalue weighted by molar-refractivity contribution is -0.137. The second kappa shape index (κ2) is 6.07. The molecule has 0 radical (unpaired) electrons. The monoisotopic (exact) mass is 368 g/mol. The predicted molar refractivity (Wildman–Crippen MR) is 88.0 cm³/mol. The summed E-state index contributed by atoms with van der Waals surface area (Å²) in [6, 6.07) is 8.06. The Morgan fingerprint density at radius 1 is 1.24 bits per heavy atom. The molecule has 25 heavy (non-hydrogen) atoms. The van der Waals surface area contributed by atoms with Crippen LogP contribution in [0, 0.1) is 0 Å². The molecule has 0 aliphatic carbocycles. The molecule has 0 aliphatic heterocycles. The highest BCUT2D eigenvalue weighted by molar-refractivity contribution is 6.29. The fraction of sp³-hybridized carbons (Fsp3) is 0.176. The Labute approximate surface area is 145 Å². The molecule has 0 saturated carbocycles. The number of benzene rings is 1. The number of pyridine rings is 1. The summed E-state index contributed by atoms with van der Waals surface area (Å²) in [4.78, 5) is 15.6. The van der Waals surface area contributed by atoms with E-state index in [1.165, 1.54) is 30.3 Å². The average Bonchev–Trinajstić information content (AvgIpc) is 2.91. The lowest BCUT2D eigenvalue weighted by Crippen LogP contribution is -2.13. The molecule has 4 nitrogen and oxygen atoms in total. The van der Waals surface area contributed by atoms with E-state index in [1.807, 2.05) is 0 Å². The highest BCUT2D eigenvalue weighted by Crippen LogP contribution is 2.39. The molecule has 3 rings (SSSR count). The number of hydrogen-bond donors (Lipinski definition) is 1. The largest absolute Gasteiger partial charge is 0.464 e. The zero-order valence-electron chi connectivity index (χ0n) is 12.9. The van der Waals surface area contributed by atoms with Crippen LogP contribution in [-0.4, -0.2) is 20.8 Å². The molecule has 0 unspecified atom stereocenters. The molecule has 1 N–H and O–H groups in total. The van der Waals surface area contributed by atoms with E-state index < -0.39 is 17.8 Å². The minimum Gasteiger partial charge on any atom is -0.464 e. The van der Waals surface area contributed by atoms with Crippen molar-refractivity contribution in [3.63, 3.8) is 0 Å². The molecule has 8 heteroatoms. The fourth-order valence-corrected chi connectivity index (χ4v) is 2.86. The van der Waals surface area contributed by atoms with Crippen LogP contribution in [0.3, 0.4) is 0 Å². The quantitative estimate of drug-likeness (QED) is 0.611. The average molecular weight is 369 g/mol. The van der Waals surface area contributed by atoms with Gasteiger partial charge in [0.1, 0.15) is 5.15 Å². The van der Waals surface area contributed by atoms with Gasteiger partial charge in [-0.05, 0) is 42.3 Å². The Hall–Kier alpha value is -2.54. The number of aromatic nitrogens is 2. The van der Waals surface area contributed by atoms with Gasteiger partial charge in [-0.1, -0.05) is 24.6 Å². The van der Waals surface area contributed by atoms with Crippen molar-refractivity contribution in [3.05, 3.63) is 52.7 Å². The first-order chi connectivity index (χ1) is 11.7. The molecule has 0 spiro atoms. The summed E-state index contributed by atoms with van der Waals surface area (Å²) in [5.74, 6) is 0. The van der Waals surface area contributed by atoms with Crippen molar-refractivity contribution in [2.75, 3.05) is 0 Å². The van der Waals surface area contributed by atoms with E-state index in [0.29, 0.717) is 17.4 Å². The van der Waals surface area contributed by atoms with Crippen molar-refractivity contribution in [2.24, 2.45) is 0 Å². The molecular weight excluding hydrogens is 357 g/mol. The van der Waals surface area contributed by atoms with Crippen LogP contribution in [0.4, 0.5) is 18.0 Å². The van der Waals surface area contributed by atoms with Gasteiger partial charge in [-0.2, -0.15) is 13.2 Å². The van der Waals surface area contributed by atoms with E-state index in [1.54, 1.807) is 6.92 Å². The van der Waals surface area contributed by atoms with Gasteiger partial charge >= 0.3 is 12.3 Å². The van der Waals surface area contributed by atoms with Crippen molar-refractivity contribution in [1.29, 1.82) is 0 Å². The maximum atomic E-state index is 13.4. The maximum absolute atomic E-state index is 13.4. The molecule has 130 valence electrons. The van der Waals surface area contributed by atoms with Gasteiger partial charge in [0, 0.05) is 10.9 Å². The van der Waals surface area contributed by atoms with Gasteiger partial charge in [-0.3, -0.25) is 0 Å². The molecule has 0 atom stereocenters. The first-order valence-corrected chi connectivity index (χ1v) is 7.72. The van der Waals surface area contributed by atoms with Crippen LogP contribution in [-0.2, 0) is 12.6 Å². The summed E-state index contributed by atoms with van der Waals surface area (Å²) in [6.45, 7) is 1.81. The Morgan fingerprint density at radius 2 is 1.96 bits per heavy atom. The lowest BCUT2D eigenvalue weighted by Gasteiger charge is -2.15. The van der Waals surface area contributed by atoms with Gasteiger partial charge in [0.05, 0.1) is 11.3 Å². The standard InChI is InChI=1S/C17H12ClF3N2O2/c1-2-9-3-5-12(17(19,20)21)11(7-9)13-8-10-4-6-14(18)22-15(10)23(13)16(24)25/h3-8H,2H2,1H3,(H,24,25).